The van der Waals surface area contributed by atoms with E-state index in [2.05, 4.69) is 15.8 Å². The summed E-state index contributed by atoms with van der Waals surface area (Å²) >= 11 is 1.58. The smallest absolute Gasteiger partial charge is 0.271 e. The maximum Gasteiger partial charge on any atom is 0.271 e. The summed E-state index contributed by atoms with van der Waals surface area (Å²) in [7, 11) is 1.58. The minimum Gasteiger partial charge on any atom is -0.497 e. The molecular formula is C33H30N4O5S. The first-order valence-electron chi connectivity index (χ1n) is 13.5. The third-order valence-electron chi connectivity index (χ3n) is 6.63. The molecule has 10 heteroatoms. The number of hydrogen-bond donors (Lipinski definition) is 2. The van der Waals surface area contributed by atoms with Gasteiger partial charge in [0, 0.05) is 17.8 Å². The lowest BCUT2D eigenvalue weighted by atomic mass is 10.1. The van der Waals surface area contributed by atoms with Crippen molar-refractivity contribution in [2.24, 2.45) is 5.10 Å². The van der Waals surface area contributed by atoms with Crippen LogP contribution in [-0.2, 0) is 16.1 Å². The van der Waals surface area contributed by atoms with Crippen LogP contribution in [0.5, 0.6) is 11.5 Å². The first-order valence-corrected chi connectivity index (χ1v) is 14.6. The van der Waals surface area contributed by atoms with Crippen molar-refractivity contribution in [3.8, 4) is 11.5 Å². The standard InChI is InChI=1S/C33H30N4O5S/c1-41-28-17-13-27(14-18-28)35-30(38)21-42-29-15-7-23(8-16-29)19-34-36-32(40)25-9-11-26(12-10-25)33-37(31(39)22-43-33)20-24-5-3-2-4-6-24/h2-19,33H,20-22H2,1H3,(H,35,38)(H,36,40). The Balaban J connectivity index is 1.08. The zero-order valence-corrected chi connectivity index (χ0v) is 24.3. The molecule has 1 heterocycles. The molecule has 1 aliphatic rings. The first kappa shape index (κ1) is 29.4. The second kappa shape index (κ2) is 14.2. The van der Waals surface area contributed by atoms with E-state index < -0.39 is 0 Å². The number of methoxy groups -OCH3 is 1. The third-order valence-corrected chi connectivity index (χ3v) is 7.88. The van der Waals surface area contributed by atoms with Crippen molar-refractivity contribution in [2.75, 3.05) is 24.8 Å². The molecule has 3 amide bonds. The van der Waals surface area contributed by atoms with Gasteiger partial charge in [-0.3, -0.25) is 14.4 Å². The molecule has 4 aromatic carbocycles. The second-order valence-corrected chi connectivity index (χ2v) is 10.7. The Morgan fingerprint density at radius 2 is 1.63 bits per heavy atom. The number of benzene rings is 4. The molecule has 0 aliphatic carbocycles. The van der Waals surface area contributed by atoms with Crippen LogP contribution in [0.25, 0.3) is 0 Å². The zero-order valence-electron chi connectivity index (χ0n) is 23.4. The molecule has 0 radical (unpaired) electrons. The molecular weight excluding hydrogens is 564 g/mol. The number of anilines is 1. The lowest BCUT2D eigenvalue weighted by Gasteiger charge is -2.24. The van der Waals surface area contributed by atoms with Gasteiger partial charge >= 0.3 is 0 Å². The molecule has 1 aliphatic heterocycles. The van der Waals surface area contributed by atoms with Crippen LogP contribution in [-0.4, -0.2) is 48.3 Å². The van der Waals surface area contributed by atoms with Crippen LogP contribution < -0.4 is 20.2 Å². The van der Waals surface area contributed by atoms with Crippen molar-refractivity contribution in [1.82, 2.24) is 10.3 Å². The molecule has 4 aromatic rings. The molecule has 0 saturated carbocycles. The van der Waals surface area contributed by atoms with Crippen LogP contribution in [0.1, 0.15) is 32.4 Å². The number of thioether (sulfide) groups is 1. The number of amides is 3. The highest BCUT2D eigenvalue weighted by Crippen LogP contribution is 2.39. The van der Waals surface area contributed by atoms with Gasteiger partial charge in [0.15, 0.2) is 6.61 Å². The monoisotopic (exact) mass is 594 g/mol. The third kappa shape index (κ3) is 8.02. The van der Waals surface area contributed by atoms with Gasteiger partial charge < -0.3 is 19.7 Å². The first-order chi connectivity index (χ1) is 21.0. The van der Waals surface area contributed by atoms with Gasteiger partial charge in [0.25, 0.3) is 11.8 Å². The fourth-order valence-corrected chi connectivity index (χ4v) is 5.57. The lowest BCUT2D eigenvalue weighted by Crippen LogP contribution is -2.27. The number of rotatable bonds is 11. The number of nitrogens with zero attached hydrogens (tertiary/aromatic N) is 2. The van der Waals surface area contributed by atoms with Crippen molar-refractivity contribution in [3.05, 3.63) is 125 Å². The average Bonchev–Trinajstić information content (AvgIpc) is 3.40. The van der Waals surface area contributed by atoms with Gasteiger partial charge in [-0.1, -0.05) is 42.5 Å². The predicted octanol–water partition coefficient (Wildman–Crippen LogP) is 5.25. The van der Waals surface area contributed by atoms with Gasteiger partial charge in [0.1, 0.15) is 16.9 Å². The molecule has 1 unspecified atom stereocenters. The molecule has 1 atom stereocenters. The maximum absolute atomic E-state index is 12.6. The fraction of sp³-hybridized carbons (Fsp3) is 0.152. The van der Waals surface area contributed by atoms with Gasteiger partial charge in [-0.05, 0) is 77.4 Å². The number of nitrogens with one attached hydrogen (secondary N) is 2. The van der Waals surface area contributed by atoms with Gasteiger partial charge in [0.2, 0.25) is 5.91 Å². The SMILES string of the molecule is COc1ccc(NC(=O)COc2ccc(C=NNC(=O)c3ccc(C4SCC(=O)N4Cc4ccccc4)cc3)cc2)cc1. The van der Waals surface area contributed by atoms with E-state index in [0.29, 0.717) is 35.0 Å². The van der Waals surface area contributed by atoms with E-state index in [1.54, 1.807) is 79.5 Å². The molecule has 2 N–H and O–H groups in total. The minimum absolute atomic E-state index is 0.0994. The molecule has 5 rings (SSSR count). The summed E-state index contributed by atoms with van der Waals surface area (Å²) in [5.41, 5.74) is 6.43. The van der Waals surface area contributed by atoms with E-state index in [4.69, 9.17) is 9.47 Å². The number of hydrazone groups is 1. The van der Waals surface area contributed by atoms with Crippen LogP contribution in [0.4, 0.5) is 5.69 Å². The molecule has 0 spiro atoms. The van der Waals surface area contributed by atoms with Gasteiger partial charge in [-0.15, -0.1) is 11.8 Å². The van der Waals surface area contributed by atoms with Crippen LogP contribution in [0.3, 0.4) is 0 Å². The van der Waals surface area contributed by atoms with Gasteiger partial charge in [-0.25, -0.2) is 5.43 Å². The summed E-state index contributed by atoms with van der Waals surface area (Å²) in [5.74, 6) is 1.13. The Morgan fingerprint density at radius 3 is 2.33 bits per heavy atom. The van der Waals surface area contributed by atoms with Crippen LogP contribution in [0.2, 0.25) is 0 Å². The highest BCUT2D eigenvalue weighted by molar-refractivity contribution is 8.00. The fourth-order valence-electron chi connectivity index (χ4n) is 4.38. The summed E-state index contributed by atoms with van der Waals surface area (Å²) in [6, 6.07) is 31.1. The van der Waals surface area contributed by atoms with Crippen molar-refractivity contribution in [2.45, 2.75) is 11.9 Å². The van der Waals surface area contributed by atoms with Crippen molar-refractivity contribution < 1.29 is 23.9 Å². The summed E-state index contributed by atoms with van der Waals surface area (Å²) in [6.45, 7) is 0.399. The molecule has 0 bridgehead atoms. The number of ether oxygens (including phenoxy) is 2. The Labute approximate surface area is 253 Å². The normalized spacial score (nSPS) is 14.5. The average molecular weight is 595 g/mol. The number of hydrogen-bond acceptors (Lipinski definition) is 7. The van der Waals surface area contributed by atoms with Crippen LogP contribution in [0, 0.1) is 0 Å². The van der Waals surface area contributed by atoms with E-state index in [9.17, 15) is 14.4 Å². The molecule has 1 fully saturated rings. The molecule has 0 aromatic heterocycles. The van der Waals surface area contributed by atoms with E-state index in [1.807, 2.05) is 47.4 Å². The van der Waals surface area contributed by atoms with Crippen molar-refractivity contribution >= 4 is 41.4 Å². The van der Waals surface area contributed by atoms with Crippen molar-refractivity contribution in [3.63, 3.8) is 0 Å². The maximum atomic E-state index is 12.6. The summed E-state index contributed by atoms with van der Waals surface area (Å²) in [6.07, 6.45) is 1.52. The van der Waals surface area contributed by atoms with E-state index in [1.165, 1.54) is 6.21 Å². The molecule has 9 nitrogen and oxygen atoms in total. The minimum atomic E-state index is -0.345. The second-order valence-electron chi connectivity index (χ2n) is 9.63. The Kier molecular flexibility index (Phi) is 9.71. The van der Waals surface area contributed by atoms with Crippen molar-refractivity contribution in [1.29, 1.82) is 0 Å². The highest BCUT2D eigenvalue weighted by atomic mass is 32.2. The predicted molar refractivity (Wildman–Crippen MR) is 167 cm³/mol. The largest absolute Gasteiger partial charge is 0.497 e. The zero-order chi connectivity index (χ0) is 30.0. The van der Waals surface area contributed by atoms with Gasteiger partial charge in [0.05, 0.1) is 19.1 Å². The Hall–Kier alpha value is -5.09. The lowest BCUT2D eigenvalue weighted by molar-refractivity contribution is -0.128. The Morgan fingerprint density at radius 1 is 0.930 bits per heavy atom. The summed E-state index contributed by atoms with van der Waals surface area (Å²) < 4.78 is 10.7. The molecule has 218 valence electrons. The molecule has 1 saturated heterocycles. The summed E-state index contributed by atoms with van der Waals surface area (Å²) in [4.78, 5) is 39.2. The summed E-state index contributed by atoms with van der Waals surface area (Å²) in [5, 5.41) is 6.71. The Bertz CT molecular complexity index is 1580. The highest BCUT2D eigenvalue weighted by Gasteiger charge is 2.32. The van der Waals surface area contributed by atoms with Crippen LogP contribution >= 0.6 is 11.8 Å². The van der Waals surface area contributed by atoms with E-state index in [-0.39, 0.29) is 29.7 Å². The van der Waals surface area contributed by atoms with E-state index >= 15 is 0 Å². The quantitative estimate of drug-likeness (QED) is 0.181. The number of carbonyl (C=O) groups excluding carboxylic acids is 3. The molecule has 43 heavy (non-hydrogen) atoms. The van der Waals surface area contributed by atoms with Crippen LogP contribution in [0.15, 0.2) is 108 Å². The van der Waals surface area contributed by atoms with Gasteiger partial charge in [-0.2, -0.15) is 5.10 Å². The van der Waals surface area contributed by atoms with E-state index in [0.717, 1.165) is 16.7 Å². The topological polar surface area (TPSA) is 109 Å². The number of carbonyl (C=O) groups is 3.